The third kappa shape index (κ3) is 1.90. The maximum atomic E-state index is 5.03. The van der Waals surface area contributed by atoms with E-state index in [0.717, 1.165) is 26.3 Å². The summed E-state index contributed by atoms with van der Waals surface area (Å²) in [7, 11) is 0. The van der Waals surface area contributed by atoms with Crippen LogP contribution in [-0.2, 0) is 4.74 Å². The lowest BCUT2D eigenvalue weighted by Gasteiger charge is -1.93. The number of nitrogens with one attached hydrogen (secondary N) is 1. The Morgan fingerprint density at radius 1 is 1.57 bits per heavy atom. The summed E-state index contributed by atoms with van der Waals surface area (Å²) in [6, 6.07) is 0. The zero-order chi connectivity index (χ0) is 4.95. The molecule has 0 aromatic heterocycles. The van der Waals surface area contributed by atoms with E-state index in [0.29, 0.717) is 0 Å². The molecule has 1 radical (unpaired) electrons. The van der Waals surface area contributed by atoms with Gasteiger partial charge in [0.15, 0.2) is 0 Å². The average Bonchev–Trinajstić information content (AvgIpc) is 1.90. The topological polar surface area (TPSA) is 21.3 Å². The van der Waals surface area contributed by atoms with E-state index in [1.54, 1.807) is 0 Å². The van der Waals surface area contributed by atoms with Gasteiger partial charge in [-0.05, 0) is 19.4 Å². The molecule has 1 aliphatic rings. The standard InChI is InChI=1S/C5H10NO/c1-2-4-7-5-6-3-1/h2,6H,1,3-5H2. The van der Waals surface area contributed by atoms with Crippen molar-refractivity contribution < 1.29 is 4.74 Å². The Hall–Kier alpha value is -0.0800. The summed E-state index contributed by atoms with van der Waals surface area (Å²) in [5.74, 6) is 0. The van der Waals surface area contributed by atoms with Gasteiger partial charge in [0.05, 0.1) is 13.3 Å². The molecule has 0 bridgehead atoms. The van der Waals surface area contributed by atoms with Crippen LogP contribution in [0.1, 0.15) is 6.42 Å². The second-order valence-electron chi connectivity index (χ2n) is 1.59. The molecule has 1 aliphatic heterocycles. The van der Waals surface area contributed by atoms with E-state index in [1.165, 1.54) is 0 Å². The van der Waals surface area contributed by atoms with Gasteiger partial charge in [0, 0.05) is 0 Å². The molecule has 0 spiro atoms. The second-order valence-corrected chi connectivity index (χ2v) is 1.59. The fraction of sp³-hybridized carbons (Fsp3) is 0.800. The maximum Gasteiger partial charge on any atom is 0.0965 e. The van der Waals surface area contributed by atoms with Gasteiger partial charge in [0.2, 0.25) is 0 Å². The van der Waals surface area contributed by atoms with Crippen LogP contribution >= 0.6 is 0 Å². The van der Waals surface area contributed by atoms with Gasteiger partial charge >= 0.3 is 0 Å². The minimum absolute atomic E-state index is 0.719. The first-order chi connectivity index (χ1) is 3.50. The van der Waals surface area contributed by atoms with E-state index >= 15 is 0 Å². The van der Waals surface area contributed by atoms with Crippen molar-refractivity contribution in [2.24, 2.45) is 0 Å². The summed E-state index contributed by atoms with van der Waals surface area (Å²) in [4.78, 5) is 0. The molecule has 1 N–H and O–H groups in total. The fourth-order valence-electron chi connectivity index (χ4n) is 0.574. The predicted octanol–water partition coefficient (Wildman–Crippen LogP) is 0.158. The lowest BCUT2D eigenvalue weighted by Crippen LogP contribution is -2.14. The summed E-state index contributed by atoms with van der Waals surface area (Å²) in [5.41, 5.74) is 0. The Labute approximate surface area is 43.9 Å². The highest BCUT2D eigenvalue weighted by molar-refractivity contribution is 4.66. The first kappa shape index (κ1) is 5.06. The zero-order valence-electron chi connectivity index (χ0n) is 4.31. The van der Waals surface area contributed by atoms with Crippen LogP contribution in [0.5, 0.6) is 0 Å². The van der Waals surface area contributed by atoms with Crippen molar-refractivity contribution in [2.45, 2.75) is 6.42 Å². The van der Waals surface area contributed by atoms with Crippen molar-refractivity contribution in [3.05, 3.63) is 6.42 Å². The first-order valence-corrected chi connectivity index (χ1v) is 2.60. The van der Waals surface area contributed by atoms with Crippen LogP contribution in [0.25, 0.3) is 0 Å². The van der Waals surface area contributed by atoms with E-state index in [-0.39, 0.29) is 0 Å². The molecule has 0 unspecified atom stereocenters. The van der Waals surface area contributed by atoms with E-state index in [1.807, 2.05) is 0 Å². The normalized spacial score (nSPS) is 24.0. The number of ether oxygens (including phenoxy) is 1. The largest absolute Gasteiger partial charge is 0.366 e. The molecule has 1 rings (SSSR count). The summed E-state index contributed by atoms with van der Waals surface area (Å²) in [5, 5.41) is 3.09. The van der Waals surface area contributed by atoms with Crippen LogP contribution in [0.4, 0.5) is 0 Å². The van der Waals surface area contributed by atoms with Gasteiger partial charge in [-0.1, -0.05) is 0 Å². The highest BCUT2D eigenvalue weighted by atomic mass is 16.5. The quantitative estimate of drug-likeness (QED) is 0.468. The Morgan fingerprint density at radius 2 is 2.57 bits per heavy atom. The monoisotopic (exact) mass is 100 g/mol. The third-order valence-corrected chi connectivity index (χ3v) is 0.965. The molecule has 0 saturated carbocycles. The lowest BCUT2D eigenvalue weighted by molar-refractivity contribution is 0.147. The molecule has 1 saturated heterocycles. The van der Waals surface area contributed by atoms with E-state index < -0.39 is 0 Å². The number of rotatable bonds is 0. The molecule has 0 aliphatic carbocycles. The smallest absolute Gasteiger partial charge is 0.0965 e. The van der Waals surface area contributed by atoms with Crippen LogP contribution in [0.3, 0.4) is 0 Å². The number of hydrogen-bond acceptors (Lipinski definition) is 2. The van der Waals surface area contributed by atoms with Gasteiger partial charge in [0.25, 0.3) is 0 Å². The molecule has 2 heteroatoms. The van der Waals surface area contributed by atoms with Gasteiger partial charge in [-0.2, -0.15) is 0 Å². The molecule has 0 atom stereocenters. The Balaban J connectivity index is 2.04. The molecule has 0 aromatic rings. The Kier molecular flexibility index (Phi) is 2.17. The Bertz CT molecular complexity index is 27.7. The molecule has 7 heavy (non-hydrogen) atoms. The van der Waals surface area contributed by atoms with Gasteiger partial charge in [-0.15, -0.1) is 0 Å². The van der Waals surface area contributed by atoms with Crippen LogP contribution < -0.4 is 5.32 Å². The molecular formula is C5H10NO. The van der Waals surface area contributed by atoms with Crippen LogP contribution in [0, 0.1) is 6.42 Å². The molecule has 1 heterocycles. The van der Waals surface area contributed by atoms with Gasteiger partial charge in [-0.25, -0.2) is 0 Å². The second kappa shape index (κ2) is 2.99. The predicted molar refractivity (Wildman–Crippen MR) is 27.7 cm³/mol. The summed E-state index contributed by atoms with van der Waals surface area (Å²) < 4.78 is 5.03. The van der Waals surface area contributed by atoms with Crippen molar-refractivity contribution in [1.82, 2.24) is 5.32 Å². The van der Waals surface area contributed by atoms with E-state index in [2.05, 4.69) is 11.7 Å². The molecular weight excluding hydrogens is 90.1 g/mol. The van der Waals surface area contributed by atoms with E-state index in [9.17, 15) is 0 Å². The SMILES string of the molecule is [CH]1CCNCOC1. The van der Waals surface area contributed by atoms with Crippen molar-refractivity contribution in [3.8, 4) is 0 Å². The highest BCUT2D eigenvalue weighted by Gasteiger charge is 1.93. The molecule has 1 fully saturated rings. The first-order valence-electron chi connectivity index (χ1n) is 2.60. The molecule has 41 valence electrons. The fourth-order valence-corrected chi connectivity index (χ4v) is 0.574. The molecule has 0 aromatic carbocycles. The Morgan fingerprint density at radius 3 is 3.57 bits per heavy atom. The lowest BCUT2D eigenvalue weighted by atomic mass is 10.3. The van der Waals surface area contributed by atoms with Crippen LogP contribution in [-0.4, -0.2) is 19.9 Å². The summed E-state index contributed by atoms with van der Waals surface area (Å²) in [6.45, 7) is 2.60. The number of hydrogen-bond donors (Lipinski definition) is 1. The van der Waals surface area contributed by atoms with E-state index in [4.69, 9.17) is 4.74 Å². The van der Waals surface area contributed by atoms with Crippen LogP contribution in [0.2, 0.25) is 0 Å². The van der Waals surface area contributed by atoms with Crippen LogP contribution in [0.15, 0.2) is 0 Å². The van der Waals surface area contributed by atoms with Gasteiger partial charge in [-0.3, -0.25) is 5.32 Å². The highest BCUT2D eigenvalue weighted by Crippen LogP contribution is 1.89. The average molecular weight is 100 g/mol. The van der Waals surface area contributed by atoms with Gasteiger partial charge in [0.1, 0.15) is 0 Å². The van der Waals surface area contributed by atoms with Crippen molar-refractivity contribution in [3.63, 3.8) is 0 Å². The van der Waals surface area contributed by atoms with Gasteiger partial charge < -0.3 is 4.74 Å². The zero-order valence-corrected chi connectivity index (χ0v) is 4.31. The minimum Gasteiger partial charge on any atom is -0.366 e. The van der Waals surface area contributed by atoms with Crippen molar-refractivity contribution >= 4 is 0 Å². The van der Waals surface area contributed by atoms with Crippen molar-refractivity contribution in [2.75, 3.05) is 19.9 Å². The summed E-state index contributed by atoms with van der Waals surface area (Å²) >= 11 is 0. The summed E-state index contributed by atoms with van der Waals surface area (Å²) in [6.07, 6.45) is 3.28. The minimum atomic E-state index is 0.719. The maximum absolute atomic E-state index is 5.03. The van der Waals surface area contributed by atoms with Crippen molar-refractivity contribution in [1.29, 1.82) is 0 Å². The molecule has 2 nitrogen and oxygen atoms in total. The molecule has 0 amide bonds. The third-order valence-electron chi connectivity index (χ3n) is 0.965.